The van der Waals surface area contributed by atoms with Gasteiger partial charge in [0, 0.05) is 22.4 Å². The molecule has 1 N–H and O–H groups in total. The van der Waals surface area contributed by atoms with Crippen molar-refractivity contribution in [2.24, 2.45) is 0 Å². The highest BCUT2D eigenvalue weighted by Crippen LogP contribution is 2.47. The number of benzene rings is 2. The second kappa shape index (κ2) is 7.11. The Kier molecular flexibility index (Phi) is 4.87. The van der Waals surface area contributed by atoms with E-state index in [0.717, 1.165) is 27.4 Å². The maximum Gasteiger partial charge on any atom is 0.272 e. The molecule has 1 aliphatic heterocycles. The van der Waals surface area contributed by atoms with Crippen LogP contribution in [0.3, 0.4) is 0 Å². The van der Waals surface area contributed by atoms with Crippen LogP contribution in [0.4, 0.5) is 5.69 Å². The van der Waals surface area contributed by atoms with Crippen molar-refractivity contribution < 1.29 is 9.53 Å². The molecule has 0 radical (unpaired) electrons. The summed E-state index contributed by atoms with van der Waals surface area (Å²) in [6.07, 6.45) is 0. The van der Waals surface area contributed by atoms with E-state index in [4.69, 9.17) is 17.0 Å². The molecular weight excluding hydrogens is 400 g/mol. The van der Waals surface area contributed by atoms with Crippen LogP contribution >= 0.6 is 23.8 Å². The Balaban J connectivity index is 1.85. The summed E-state index contributed by atoms with van der Waals surface area (Å²) in [7, 11) is 0. The van der Waals surface area contributed by atoms with Crippen LogP contribution in [-0.2, 0) is 5.54 Å². The van der Waals surface area contributed by atoms with Crippen LogP contribution in [0.2, 0.25) is 0 Å². The van der Waals surface area contributed by atoms with E-state index in [0.29, 0.717) is 16.8 Å². The van der Waals surface area contributed by atoms with Crippen molar-refractivity contribution >= 4 is 35.3 Å². The fourth-order valence-corrected chi connectivity index (χ4v) is 5.27. The number of hydrogen-bond donors (Lipinski definition) is 1. The van der Waals surface area contributed by atoms with Gasteiger partial charge in [-0.25, -0.2) is 3.96 Å². The summed E-state index contributed by atoms with van der Waals surface area (Å²) in [5.41, 5.74) is 5.85. The average Bonchev–Trinajstić information content (AvgIpc) is 3.02. The topological polar surface area (TPSA) is 43.3 Å². The number of aryl methyl sites for hydroxylation is 2. The monoisotopic (exact) mass is 424 g/mol. The molecule has 0 unspecified atom stereocenters. The van der Waals surface area contributed by atoms with Crippen molar-refractivity contribution in [2.45, 2.75) is 40.2 Å². The summed E-state index contributed by atoms with van der Waals surface area (Å²) in [4.78, 5) is 14.3. The lowest BCUT2D eigenvalue weighted by atomic mass is 9.88. The van der Waals surface area contributed by atoms with Gasteiger partial charge in [-0.15, -0.1) is 0 Å². The fraction of sp³-hybridized carbons (Fsp3) is 0.304. The van der Waals surface area contributed by atoms with Crippen LogP contribution in [0.25, 0.3) is 11.1 Å². The summed E-state index contributed by atoms with van der Waals surface area (Å²) in [5, 5.41) is 3.62. The molecule has 0 aliphatic carbocycles. The lowest BCUT2D eigenvalue weighted by Gasteiger charge is -2.33. The van der Waals surface area contributed by atoms with E-state index in [1.54, 1.807) is 16.1 Å². The van der Waals surface area contributed by atoms with Crippen molar-refractivity contribution in [3.8, 4) is 16.9 Å². The number of rotatable bonds is 3. The van der Waals surface area contributed by atoms with E-state index < -0.39 is 0 Å². The Hall–Kier alpha value is -2.44. The molecule has 0 saturated heterocycles. The molecule has 0 amide bonds. The molecule has 4 rings (SSSR count). The third-order valence-electron chi connectivity index (χ3n) is 5.32. The van der Waals surface area contributed by atoms with E-state index >= 15 is 0 Å². The minimum Gasteiger partial charge on any atom is -0.494 e. The number of fused-ring (bicyclic) bond motifs is 3. The lowest BCUT2D eigenvalue weighted by molar-refractivity contribution is 0.0970. The normalized spacial score (nSPS) is 14.0. The third-order valence-corrected chi connectivity index (χ3v) is 7.25. The van der Waals surface area contributed by atoms with Gasteiger partial charge in [0.25, 0.3) is 5.91 Å². The quantitative estimate of drug-likeness (QED) is 0.500. The summed E-state index contributed by atoms with van der Waals surface area (Å²) < 4.78 is 7.69. The first-order chi connectivity index (χ1) is 13.7. The lowest BCUT2D eigenvalue weighted by Crippen LogP contribution is -2.30. The molecule has 150 valence electrons. The summed E-state index contributed by atoms with van der Waals surface area (Å²) >= 11 is 7.24. The fourth-order valence-electron chi connectivity index (χ4n) is 3.67. The number of aromatic nitrogens is 1. The SMILES string of the molecule is CCOc1ccc(C(=O)n2sc3c(c2=S)-c2cc(C)c(C)cc2NC3(C)C)cc1. The zero-order valence-corrected chi connectivity index (χ0v) is 18.9. The van der Waals surface area contributed by atoms with E-state index in [2.05, 4.69) is 45.1 Å². The number of nitrogens with zero attached hydrogens (tertiary/aromatic N) is 1. The Morgan fingerprint density at radius 3 is 2.48 bits per heavy atom. The summed E-state index contributed by atoms with van der Waals surface area (Å²) in [6.45, 7) is 11.0. The molecule has 3 aromatic rings. The van der Waals surface area contributed by atoms with Crippen molar-refractivity contribution in [3.63, 3.8) is 0 Å². The summed E-state index contributed by atoms with van der Waals surface area (Å²) in [5.74, 6) is 0.641. The molecule has 0 saturated carbocycles. The Morgan fingerprint density at radius 2 is 1.83 bits per heavy atom. The van der Waals surface area contributed by atoms with Gasteiger partial charge in [-0.1, -0.05) is 23.8 Å². The smallest absolute Gasteiger partial charge is 0.272 e. The maximum absolute atomic E-state index is 13.2. The molecule has 1 aromatic heterocycles. The van der Waals surface area contributed by atoms with Crippen LogP contribution in [0.1, 0.15) is 47.1 Å². The first kappa shape index (κ1) is 19.9. The van der Waals surface area contributed by atoms with Crippen molar-refractivity contribution in [1.82, 2.24) is 3.96 Å². The first-order valence-corrected chi connectivity index (χ1v) is 10.8. The summed E-state index contributed by atoms with van der Waals surface area (Å²) in [6, 6.07) is 11.6. The highest BCUT2D eigenvalue weighted by molar-refractivity contribution is 7.71. The first-order valence-electron chi connectivity index (χ1n) is 9.67. The standard InChI is InChI=1S/C23H24N2O2S2/c1-6-27-16-9-7-15(8-10-16)21(26)25-22(28)19-17-11-13(2)14(3)12-18(17)24-23(4,5)20(19)29-25/h7-12,24H,6H2,1-5H3. The molecule has 0 spiro atoms. The predicted molar refractivity (Wildman–Crippen MR) is 122 cm³/mol. The average molecular weight is 425 g/mol. The van der Waals surface area contributed by atoms with Gasteiger partial charge in [-0.2, -0.15) is 0 Å². The predicted octanol–water partition coefficient (Wildman–Crippen LogP) is 6.31. The van der Waals surface area contributed by atoms with E-state index in [-0.39, 0.29) is 11.4 Å². The van der Waals surface area contributed by atoms with Crippen LogP contribution < -0.4 is 10.1 Å². The number of carbonyl (C=O) groups is 1. The van der Waals surface area contributed by atoms with Crippen molar-refractivity contribution in [3.05, 3.63) is 62.6 Å². The van der Waals surface area contributed by atoms with Gasteiger partial charge < -0.3 is 10.1 Å². The molecular formula is C23H24N2O2S2. The zero-order valence-electron chi connectivity index (χ0n) is 17.3. The minimum atomic E-state index is -0.313. The largest absolute Gasteiger partial charge is 0.494 e. The molecule has 29 heavy (non-hydrogen) atoms. The van der Waals surface area contributed by atoms with E-state index in [9.17, 15) is 4.79 Å². The number of anilines is 1. The number of nitrogens with one attached hydrogen (secondary N) is 1. The van der Waals surface area contributed by atoms with E-state index in [1.165, 1.54) is 22.7 Å². The van der Waals surface area contributed by atoms with Gasteiger partial charge in [-0.3, -0.25) is 4.79 Å². The van der Waals surface area contributed by atoms with Gasteiger partial charge in [-0.05, 0) is 82.1 Å². The molecule has 0 bridgehead atoms. The third kappa shape index (κ3) is 3.30. The second-order valence-corrected chi connectivity index (χ2v) is 9.23. The van der Waals surface area contributed by atoms with Crippen LogP contribution in [-0.4, -0.2) is 16.5 Å². The van der Waals surface area contributed by atoms with Crippen molar-refractivity contribution in [1.29, 1.82) is 0 Å². The second-order valence-electron chi connectivity index (χ2n) is 7.89. The molecule has 4 nitrogen and oxygen atoms in total. The Labute approximate surface area is 180 Å². The van der Waals surface area contributed by atoms with Gasteiger partial charge in [0.2, 0.25) is 0 Å². The molecule has 6 heteroatoms. The van der Waals surface area contributed by atoms with Gasteiger partial charge in [0.1, 0.15) is 10.4 Å². The highest BCUT2D eigenvalue weighted by Gasteiger charge is 2.35. The maximum atomic E-state index is 13.2. The van der Waals surface area contributed by atoms with Crippen LogP contribution in [0.15, 0.2) is 36.4 Å². The van der Waals surface area contributed by atoms with Gasteiger partial charge >= 0.3 is 0 Å². The van der Waals surface area contributed by atoms with Gasteiger partial charge in [0.05, 0.1) is 17.0 Å². The molecule has 1 aliphatic rings. The van der Waals surface area contributed by atoms with Crippen molar-refractivity contribution in [2.75, 3.05) is 11.9 Å². The van der Waals surface area contributed by atoms with Gasteiger partial charge in [0.15, 0.2) is 0 Å². The molecule has 2 heterocycles. The zero-order chi connectivity index (χ0) is 20.9. The number of ether oxygens (including phenoxy) is 1. The van der Waals surface area contributed by atoms with Crippen LogP contribution in [0, 0.1) is 18.5 Å². The molecule has 0 fully saturated rings. The minimum absolute atomic E-state index is 0.112. The van der Waals surface area contributed by atoms with Crippen LogP contribution in [0.5, 0.6) is 5.75 Å². The molecule has 0 atom stereocenters. The Morgan fingerprint density at radius 1 is 1.17 bits per heavy atom. The highest BCUT2D eigenvalue weighted by atomic mass is 32.1. The molecule has 2 aromatic carbocycles. The Bertz CT molecular complexity index is 1170. The number of hydrogen-bond acceptors (Lipinski definition) is 5. The number of carbonyl (C=O) groups excluding carboxylic acids is 1. The van der Waals surface area contributed by atoms with E-state index in [1.807, 2.05) is 19.1 Å².